The summed E-state index contributed by atoms with van der Waals surface area (Å²) in [4.78, 5) is 19.9. The van der Waals surface area contributed by atoms with Gasteiger partial charge in [0, 0.05) is 44.5 Å². The molecule has 2 aromatic heterocycles. The van der Waals surface area contributed by atoms with E-state index >= 15 is 0 Å². The number of ether oxygens (including phenoxy) is 1. The van der Waals surface area contributed by atoms with Gasteiger partial charge in [-0.3, -0.25) is 4.79 Å². The number of sulfonamides is 1. The summed E-state index contributed by atoms with van der Waals surface area (Å²) in [6.45, 7) is 5.98. The van der Waals surface area contributed by atoms with Crippen LogP contribution in [0.2, 0.25) is 0 Å². The number of piperidine rings is 1. The lowest BCUT2D eigenvalue weighted by molar-refractivity contribution is 0.0748. The molecule has 0 atom stereocenters. The Balaban J connectivity index is 1.28. The monoisotopic (exact) mass is 483 g/mol. The molecule has 2 aliphatic rings. The van der Waals surface area contributed by atoms with Gasteiger partial charge in [-0.15, -0.1) is 0 Å². The molecule has 10 heteroatoms. The molecule has 1 spiro atoms. The molecule has 4 heterocycles. The third-order valence-corrected chi connectivity index (χ3v) is 9.16. The van der Waals surface area contributed by atoms with E-state index in [0.29, 0.717) is 37.5 Å². The van der Waals surface area contributed by atoms with Gasteiger partial charge in [0.25, 0.3) is 5.91 Å². The first kappa shape index (κ1) is 22.8. The van der Waals surface area contributed by atoms with Crippen molar-refractivity contribution >= 4 is 21.6 Å². The number of rotatable bonds is 4. The molecule has 0 bridgehead atoms. The molecule has 0 radical (unpaired) electrons. The summed E-state index contributed by atoms with van der Waals surface area (Å²) >= 11 is 0. The van der Waals surface area contributed by atoms with Gasteiger partial charge >= 0.3 is 0 Å². The van der Waals surface area contributed by atoms with Crippen LogP contribution in [0.25, 0.3) is 5.65 Å². The van der Waals surface area contributed by atoms with Crippen molar-refractivity contribution in [2.75, 3.05) is 33.3 Å². The summed E-state index contributed by atoms with van der Waals surface area (Å²) in [6, 6.07) is 8.48. The highest BCUT2D eigenvalue weighted by molar-refractivity contribution is 7.89. The molecule has 1 amide bonds. The number of nitrogens with zero attached hydrogens (tertiary/aromatic N) is 5. The zero-order valence-corrected chi connectivity index (χ0v) is 20.5. The van der Waals surface area contributed by atoms with Crippen LogP contribution in [0, 0.1) is 19.3 Å². The zero-order valence-electron chi connectivity index (χ0n) is 19.7. The lowest BCUT2D eigenvalue weighted by Crippen LogP contribution is -2.44. The second-order valence-corrected chi connectivity index (χ2v) is 11.3. The molecule has 0 unspecified atom stereocenters. The Hall–Kier alpha value is -2.98. The van der Waals surface area contributed by atoms with Gasteiger partial charge in [-0.25, -0.2) is 17.9 Å². The van der Waals surface area contributed by atoms with E-state index in [2.05, 4.69) is 10.1 Å². The minimum Gasteiger partial charge on any atom is -0.497 e. The first-order valence-corrected chi connectivity index (χ1v) is 12.9. The van der Waals surface area contributed by atoms with Crippen molar-refractivity contribution in [2.45, 2.75) is 38.0 Å². The van der Waals surface area contributed by atoms with E-state index in [1.807, 2.05) is 24.8 Å². The van der Waals surface area contributed by atoms with Crippen molar-refractivity contribution < 1.29 is 17.9 Å². The van der Waals surface area contributed by atoms with Gasteiger partial charge in [-0.2, -0.15) is 9.40 Å². The molecular formula is C24H29N5O4S. The van der Waals surface area contributed by atoms with E-state index in [-0.39, 0.29) is 16.2 Å². The van der Waals surface area contributed by atoms with Crippen molar-refractivity contribution in [1.29, 1.82) is 0 Å². The molecule has 2 aliphatic heterocycles. The number of aromatic nitrogens is 3. The second kappa shape index (κ2) is 8.35. The van der Waals surface area contributed by atoms with Gasteiger partial charge in [0.05, 0.1) is 29.0 Å². The quantitative estimate of drug-likeness (QED) is 0.566. The average molecular weight is 484 g/mol. The Bertz CT molecular complexity index is 1360. The molecule has 0 N–H and O–H groups in total. The predicted octanol–water partition coefficient (Wildman–Crippen LogP) is 2.67. The SMILES string of the molecule is COc1cccc(S(=O)(=O)N2CCC3(CCN(C(=O)c4cnc5cc(C)nn5c4C)C3)CC2)c1. The molecule has 2 fully saturated rings. The number of carbonyl (C=O) groups excluding carboxylic acids is 1. The summed E-state index contributed by atoms with van der Waals surface area (Å²) in [5, 5.41) is 4.45. The molecule has 34 heavy (non-hydrogen) atoms. The van der Waals surface area contributed by atoms with Gasteiger partial charge in [-0.05, 0) is 50.7 Å². The molecule has 0 saturated carbocycles. The van der Waals surface area contributed by atoms with Crippen LogP contribution in [0.4, 0.5) is 0 Å². The number of methoxy groups -OCH3 is 1. The maximum atomic E-state index is 13.3. The number of fused-ring (bicyclic) bond motifs is 1. The first-order valence-electron chi connectivity index (χ1n) is 11.5. The van der Waals surface area contributed by atoms with Crippen LogP contribution in [0.1, 0.15) is 41.0 Å². The van der Waals surface area contributed by atoms with Crippen molar-refractivity contribution in [3.63, 3.8) is 0 Å². The van der Waals surface area contributed by atoms with Gasteiger partial charge in [0.1, 0.15) is 5.75 Å². The van der Waals surface area contributed by atoms with E-state index in [1.165, 1.54) is 7.11 Å². The fraction of sp³-hybridized carbons (Fsp3) is 0.458. The Morgan fingerprint density at radius 2 is 1.82 bits per heavy atom. The van der Waals surface area contributed by atoms with Crippen molar-refractivity contribution in [2.24, 2.45) is 5.41 Å². The smallest absolute Gasteiger partial charge is 0.257 e. The van der Waals surface area contributed by atoms with Crippen LogP contribution in [0.3, 0.4) is 0 Å². The summed E-state index contributed by atoms with van der Waals surface area (Å²) in [7, 11) is -2.06. The lowest BCUT2D eigenvalue weighted by Gasteiger charge is -2.38. The summed E-state index contributed by atoms with van der Waals surface area (Å²) in [6.07, 6.45) is 3.98. The largest absolute Gasteiger partial charge is 0.497 e. The van der Waals surface area contributed by atoms with Gasteiger partial charge in [0.15, 0.2) is 5.65 Å². The maximum Gasteiger partial charge on any atom is 0.257 e. The van der Waals surface area contributed by atoms with Crippen LogP contribution >= 0.6 is 0 Å². The summed E-state index contributed by atoms with van der Waals surface area (Å²) in [5.41, 5.74) is 2.88. The molecule has 1 aromatic carbocycles. The number of amides is 1. The third-order valence-electron chi connectivity index (χ3n) is 7.26. The highest BCUT2D eigenvalue weighted by Gasteiger charge is 2.44. The summed E-state index contributed by atoms with van der Waals surface area (Å²) < 4.78 is 34.8. The van der Waals surface area contributed by atoms with Crippen molar-refractivity contribution in [1.82, 2.24) is 23.8 Å². The fourth-order valence-corrected chi connectivity index (χ4v) is 6.65. The predicted molar refractivity (Wildman–Crippen MR) is 126 cm³/mol. The van der Waals surface area contributed by atoms with Crippen LogP contribution in [0.15, 0.2) is 41.4 Å². The molecule has 9 nitrogen and oxygen atoms in total. The van der Waals surface area contributed by atoms with Crippen LogP contribution in [-0.2, 0) is 10.0 Å². The molecule has 5 rings (SSSR count). The van der Waals surface area contributed by atoms with E-state index < -0.39 is 10.0 Å². The maximum absolute atomic E-state index is 13.3. The molecule has 0 aliphatic carbocycles. The number of carbonyl (C=O) groups is 1. The standard InChI is InChI=1S/C24H29N5O4S/c1-17-13-22-25-15-21(18(2)29(22)26-17)23(30)27-10-7-24(16-27)8-11-28(12-9-24)34(31,32)20-6-4-5-19(14-20)33-3/h4-6,13-15H,7-12,16H2,1-3H3. The number of hydrogen-bond donors (Lipinski definition) is 0. The molecule has 180 valence electrons. The van der Waals surface area contributed by atoms with Gasteiger partial charge in [0.2, 0.25) is 10.0 Å². The van der Waals surface area contributed by atoms with E-state index in [9.17, 15) is 13.2 Å². The lowest BCUT2D eigenvalue weighted by atomic mass is 9.78. The van der Waals surface area contributed by atoms with E-state index in [0.717, 1.165) is 36.3 Å². The van der Waals surface area contributed by atoms with Crippen LogP contribution < -0.4 is 4.74 Å². The topological polar surface area (TPSA) is 97.1 Å². The van der Waals surface area contributed by atoms with Crippen molar-refractivity contribution in [3.8, 4) is 5.75 Å². The van der Waals surface area contributed by atoms with E-state index in [4.69, 9.17) is 4.74 Å². The first-order chi connectivity index (χ1) is 16.2. The van der Waals surface area contributed by atoms with Gasteiger partial charge in [-0.1, -0.05) is 6.07 Å². The highest BCUT2D eigenvalue weighted by Crippen LogP contribution is 2.42. The number of hydrogen-bond acceptors (Lipinski definition) is 6. The Morgan fingerprint density at radius 3 is 2.56 bits per heavy atom. The Morgan fingerprint density at radius 1 is 1.09 bits per heavy atom. The number of likely N-dealkylation sites (tertiary alicyclic amines) is 1. The minimum absolute atomic E-state index is 0.0386. The molecular weight excluding hydrogens is 454 g/mol. The number of benzene rings is 1. The molecule has 2 saturated heterocycles. The zero-order chi connectivity index (χ0) is 24.1. The highest BCUT2D eigenvalue weighted by atomic mass is 32.2. The average Bonchev–Trinajstić information content (AvgIpc) is 3.43. The minimum atomic E-state index is -3.58. The van der Waals surface area contributed by atoms with E-state index in [1.54, 1.807) is 39.3 Å². The van der Waals surface area contributed by atoms with Crippen LogP contribution in [-0.4, -0.2) is 71.4 Å². The number of aryl methyl sites for hydroxylation is 2. The third kappa shape index (κ3) is 3.84. The fourth-order valence-electron chi connectivity index (χ4n) is 5.17. The van der Waals surface area contributed by atoms with Gasteiger partial charge < -0.3 is 9.64 Å². The normalized spacial score (nSPS) is 18.6. The Kier molecular flexibility index (Phi) is 5.60. The van der Waals surface area contributed by atoms with Crippen LogP contribution in [0.5, 0.6) is 5.75 Å². The Labute approximate surface area is 199 Å². The van der Waals surface area contributed by atoms with Crippen molar-refractivity contribution in [3.05, 3.63) is 53.5 Å². The molecule has 3 aromatic rings. The summed E-state index contributed by atoms with van der Waals surface area (Å²) in [5.74, 6) is 0.483. The second-order valence-electron chi connectivity index (χ2n) is 9.37.